The highest BCUT2D eigenvalue weighted by molar-refractivity contribution is 6.05. The summed E-state index contributed by atoms with van der Waals surface area (Å²) in [6.07, 6.45) is 0. The molecule has 1 heterocycles. The summed E-state index contributed by atoms with van der Waals surface area (Å²) in [7, 11) is 0. The Kier molecular flexibility index (Phi) is 4.16. The predicted molar refractivity (Wildman–Crippen MR) is 101 cm³/mol. The first-order chi connectivity index (χ1) is 12.7. The highest BCUT2D eigenvalue weighted by Gasteiger charge is 2.19. The molecule has 0 unspecified atom stereocenters. The van der Waals surface area contributed by atoms with Crippen molar-refractivity contribution >= 4 is 22.3 Å². The molecule has 0 aromatic heterocycles. The molecule has 2 aromatic carbocycles. The SMILES string of the molecule is CCOc1cc2cc3c(Nc4cccc(F)c4)[nH][nH]c-3c2cc1OCC. The molecule has 0 saturated carbocycles. The van der Waals surface area contributed by atoms with Crippen molar-refractivity contribution in [3.63, 3.8) is 0 Å². The molecule has 26 heavy (non-hydrogen) atoms. The molecule has 1 aliphatic heterocycles. The van der Waals surface area contributed by atoms with Crippen molar-refractivity contribution < 1.29 is 13.9 Å². The van der Waals surface area contributed by atoms with Gasteiger partial charge in [-0.25, -0.2) is 4.39 Å². The van der Waals surface area contributed by atoms with E-state index in [1.165, 1.54) is 12.1 Å². The summed E-state index contributed by atoms with van der Waals surface area (Å²) in [5.74, 6) is 1.96. The molecule has 134 valence electrons. The van der Waals surface area contributed by atoms with Crippen molar-refractivity contribution in [2.75, 3.05) is 18.5 Å². The van der Waals surface area contributed by atoms with E-state index in [0.29, 0.717) is 18.9 Å². The smallest absolute Gasteiger partial charge is 0.161 e. The number of H-pyrrole nitrogens is 2. The van der Waals surface area contributed by atoms with Gasteiger partial charge in [0.15, 0.2) is 11.5 Å². The van der Waals surface area contributed by atoms with Gasteiger partial charge in [-0.1, -0.05) is 6.07 Å². The van der Waals surface area contributed by atoms with Gasteiger partial charge in [0.1, 0.15) is 11.6 Å². The molecule has 0 saturated heterocycles. The number of anilines is 2. The Hall–Kier alpha value is -3.15. The fraction of sp³-hybridized carbons (Fsp3) is 0.200. The van der Waals surface area contributed by atoms with Gasteiger partial charge in [-0.05, 0) is 55.6 Å². The summed E-state index contributed by atoms with van der Waals surface area (Å²) in [6, 6.07) is 12.4. The van der Waals surface area contributed by atoms with Gasteiger partial charge in [0.2, 0.25) is 0 Å². The second-order valence-electron chi connectivity index (χ2n) is 5.95. The Bertz CT molecular complexity index is 1020. The molecule has 0 radical (unpaired) electrons. The summed E-state index contributed by atoms with van der Waals surface area (Å²) >= 11 is 0. The maximum absolute atomic E-state index is 13.4. The molecule has 0 spiro atoms. The summed E-state index contributed by atoms with van der Waals surface area (Å²) in [4.78, 5) is 0. The van der Waals surface area contributed by atoms with Gasteiger partial charge < -0.3 is 14.8 Å². The van der Waals surface area contributed by atoms with E-state index < -0.39 is 0 Å². The van der Waals surface area contributed by atoms with E-state index in [2.05, 4.69) is 21.6 Å². The van der Waals surface area contributed by atoms with E-state index in [-0.39, 0.29) is 5.82 Å². The number of hydrogen-bond donors (Lipinski definition) is 3. The Morgan fingerprint density at radius 3 is 2.46 bits per heavy atom. The maximum atomic E-state index is 13.4. The third-order valence-corrected chi connectivity index (χ3v) is 4.23. The standard InChI is InChI=1S/C20H20FN3O2/c1-3-25-17-9-12-8-16-19(15(12)11-18(17)26-4-2)23-24-20(16)22-14-7-5-6-13(21)10-14/h5-11,22-24H,3-4H2,1-2H3. The molecular weight excluding hydrogens is 333 g/mol. The summed E-state index contributed by atoms with van der Waals surface area (Å²) in [5.41, 5.74) is 2.63. The van der Waals surface area contributed by atoms with Crippen LogP contribution >= 0.6 is 0 Å². The molecule has 3 N–H and O–H groups in total. The molecular formula is C20H20FN3O2. The lowest BCUT2D eigenvalue weighted by molar-refractivity contribution is 0.288. The zero-order chi connectivity index (χ0) is 18.1. The number of aromatic nitrogens is 2. The molecule has 0 fully saturated rings. The number of aromatic amines is 2. The lowest BCUT2D eigenvalue weighted by Gasteiger charge is -2.11. The minimum Gasteiger partial charge on any atom is -0.490 e. The average molecular weight is 353 g/mol. The van der Waals surface area contributed by atoms with Crippen LogP contribution in [-0.2, 0) is 0 Å². The Balaban J connectivity index is 1.76. The van der Waals surface area contributed by atoms with Crippen molar-refractivity contribution in [1.82, 2.24) is 10.2 Å². The van der Waals surface area contributed by atoms with Crippen LogP contribution in [-0.4, -0.2) is 23.4 Å². The van der Waals surface area contributed by atoms with Gasteiger partial charge in [0, 0.05) is 16.6 Å². The minimum atomic E-state index is -0.280. The van der Waals surface area contributed by atoms with Crippen molar-refractivity contribution in [3.8, 4) is 22.8 Å². The third-order valence-electron chi connectivity index (χ3n) is 4.23. The molecule has 1 aliphatic carbocycles. The average Bonchev–Trinajstić information content (AvgIpc) is 3.16. The lowest BCUT2D eigenvalue weighted by atomic mass is 10.2. The van der Waals surface area contributed by atoms with Gasteiger partial charge in [-0.3, -0.25) is 10.2 Å². The lowest BCUT2D eigenvalue weighted by Crippen LogP contribution is -1.98. The van der Waals surface area contributed by atoms with Gasteiger partial charge >= 0.3 is 0 Å². The first kappa shape index (κ1) is 16.3. The summed E-state index contributed by atoms with van der Waals surface area (Å²) in [6.45, 7) is 5.04. The van der Waals surface area contributed by atoms with Gasteiger partial charge in [0.05, 0.1) is 18.9 Å². The third kappa shape index (κ3) is 2.83. The van der Waals surface area contributed by atoms with E-state index >= 15 is 0 Å². The Labute approximate surface area is 150 Å². The van der Waals surface area contributed by atoms with Gasteiger partial charge in [-0.2, -0.15) is 0 Å². The first-order valence-electron chi connectivity index (χ1n) is 8.64. The van der Waals surface area contributed by atoms with E-state index in [4.69, 9.17) is 9.47 Å². The van der Waals surface area contributed by atoms with Crippen LogP contribution < -0.4 is 14.8 Å². The minimum absolute atomic E-state index is 0.280. The fourth-order valence-electron chi connectivity index (χ4n) is 3.15. The normalized spacial score (nSPS) is 11.2. The summed E-state index contributed by atoms with van der Waals surface area (Å²) in [5, 5.41) is 11.6. The molecule has 0 bridgehead atoms. The van der Waals surface area contributed by atoms with Gasteiger partial charge in [0.25, 0.3) is 0 Å². The van der Waals surface area contributed by atoms with Crippen LogP contribution in [0.4, 0.5) is 15.9 Å². The van der Waals surface area contributed by atoms with Crippen LogP contribution in [0.2, 0.25) is 0 Å². The van der Waals surface area contributed by atoms with Crippen molar-refractivity contribution in [2.45, 2.75) is 13.8 Å². The Morgan fingerprint density at radius 2 is 1.73 bits per heavy atom. The molecule has 2 aliphatic rings. The molecule has 6 heteroatoms. The number of rotatable bonds is 6. The molecule has 5 nitrogen and oxygen atoms in total. The second-order valence-corrected chi connectivity index (χ2v) is 5.95. The zero-order valence-electron chi connectivity index (χ0n) is 14.7. The first-order valence-corrected chi connectivity index (χ1v) is 8.64. The number of benzene rings is 2. The van der Waals surface area contributed by atoms with Crippen molar-refractivity contribution in [3.05, 3.63) is 48.3 Å². The van der Waals surface area contributed by atoms with E-state index in [1.807, 2.05) is 32.0 Å². The summed E-state index contributed by atoms with van der Waals surface area (Å²) < 4.78 is 24.9. The number of nitrogens with one attached hydrogen (secondary N) is 3. The predicted octanol–water partition coefficient (Wildman–Crippen LogP) is 5.28. The van der Waals surface area contributed by atoms with Crippen LogP contribution in [0, 0.1) is 5.82 Å². The van der Waals surface area contributed by atoms with E-state index in [9.17, 15) is 4.39 Å². The Morgan fingerprint density at radius 1 is 0.962 bits per heavy atom. The number of hydrogen-bond acceptors (Lipinski definition) is 3. The van der Waals surface area contributed by atoms with Crippen molar-refractivity contribution in [1.29, 1.82) is 0 Å². The maximum Gasteiger partial charge on any atom is 0.161 e. The number of ether oxygens (including phenoxy) is 2. The van der Waals surface area contributed by atoms with Crippen LogP contribution in [0.25, 0.3) is 22.0 Å². The monoisotopic (exact) mass is 353 g/mol. The highest BCUT2D eigenvalue weighted by atomic mass is 19.1. The van der Waals surface area contributed by atoms with Crippen LogP contribution in [0.15, 0.2) is 42.5 Å². The van der Waals surface area contributed by atoms with E-state index in [0.717, 1.165) is 39.3 Å². The van der Waals surface area contributed by atoms with Crippen LogP contribution in [0.1, 0.15) is 13.8 Å². The van der Waals surface area contributed by atoms with Crippen molar-refractivity contribution in [2.24, 2.45) is 0 Å². The van der Waals surface area contributed by atoms with Gasteiger partial charge in [-0.15, -0.1) is 0 Å². The largest absolute Gasteiger partial charge is 0.490 e. The topological polar surface area (TPSA) is 62.1 Å². The van der Waals surface area contributed by atoms with E-state index in [1.54, 1.807) is 6.07 Å². The number of halogens is 1. The van der Waals surface area contributed by atoms with Crippen LogP contribution in [0.3, 0.4) is 0 Å². The number of fused-ring (bicyclic) bond motifs is 3. The highest BCUT2D eigenvalue weighted by Crippen LogP contribution is 2.43. The molecule has 0 amide bonds. The molecule has 0 atom stereocenters. The second kappa shape index (κ2) is 6.63. The molecule has 4 rings (SSSR count). The molecule has 2 aromatic rings. The quantitative estimate of drug-likeness (QED) is 0.442. The fourth-order valence-corrected chi connectivity index (χ4v) is 3.15. The zero-order valence-corrected chi connectivity index (χ0v) is 14.7. The van der Waals surface area contributed by atoms with Crippen LogP contribution in [0.5, 0.6) is 11.5 Å².